The number of halogens is 3. The zero-order valence-corrected chi connectivity index (χ0v) is 9.72. The van der Waals surface area contributed by atoms with Gasteiger partial charge in [-0.1, -0.05) is 24.3 Å². The van der Waals surface area contributed by atoms with Crippen molar-refractivity contribution in [2.24, 2.45) is 5.92 Å². The molecule has 0 aromatic heterocycles. The van der Waals surface area contributed by atoms with Gasteiger partial charge in [0, 0.05) is 6.04 Å². The van der Waals surface area contributed by atoms with Crippen LogP contribution in [-0.4, -0.2) is 12.7 Å². The van der Waals surface area contributed by atoms with Crippen LogP contribution in [0.15, 0.2) is 24.3 Å². The molecule has 2 rings (SSSR count). The first-order valence-corrected chi connectivity index (χ1v) is 5.84. The lowest BCUT2D eigenvalue weighted by atomic mass is 9.87. The molecule has 1 aliphatic rings. The number of rotatable bonds is 1. The van der Waals surface area contributed by atoms with Crippen molar-refractivity contribution in [3.8, 4) is 0 Å². The molecule has 1 fully saturated rings. The maximum Gasteiger partial charge on any atom is 0.391 e. The van der Waals surface area contributed by atoms with Crippen LogP contribution in [-0.2, 0) is 0 Å². The number of benzene rings is 1. The number of alkyl halides is 3. The highest BCUT2D eigenvalue weighted by Crippen LogP contribution is 2.38. The molecule has 0 amide bonds. The molecule has 2 unspecified atom stereocenters. The summed E-state index contributed by atoms with van der Waals surface area (Å²) in [6, 6.07) is 7.46. The third-order valence-corrected chi connectivity index (χ3v) is 3.43. The van der Waals surface area contributed by atoms with Gasteiger partial charge >= 0.3 is 6.18 Å². The molecule has 1 heterocycles. The molecule has 4 heteroatoms. The van der Waals surface area contributed by atoms with Gasteiger partial charge in [0.25, 0.3) is 0 Å². The molecular formula is C13H16F3N. The standard InChI is InChI=1S/C13H16F3N/c1-9-4-2-3-5-11(9)12-8-10(6-7-17-12)13(14,15)16/h2-5,10,12,17H,6-8H2,1H3. The second-order valence-electron chi connectivity index (χ2n) is 4.63. The minimum atomic E-state index is -4.07. The van der Waals surface area contributed by atoms with Crippen LogP contribution in [0.5, 0.6) is 0 Å². The van der Waals surface area contributed by atoms with E-state index in [4.69, 9.17) is 0 Å². The second-order valence-corrected chi connectivity index (χ2v) is 4.63. The third kappa shape index (κ3) is 2.80. The molecule has 0 spiro atoms. The molecule has 0 saturated carbocycles. The summed E-state index contributed by atoms with van der Waals surface area (Å²) in [6.45, 7) is 2.37. The zero-order valence-electron chi connectivity index (χ0n) is 9.72. The van der Waals surface area contributed by atoms with E-state index in [1.54, 1.807) is 0 Å². The van der Waals surface area contributed by atoms with E-state index in [2.05, 4.69) is 5.32 Å². The van der Waals surface area contributed by atoms with Crippen molar-refractivity contribution < 1.29 is 13.2 Å². The van der Waals surface area contributed by atoms with Crippen molar-refractivity contribution in [1.82, 2.24) is 5.32 Å². The first-order valence-electron chi connectivity index (χ1n) is 5.84. The van der Waals surface area contributed by atoms with Crippen LogP contribution in [0.2, 0.25) is 0 Å². The number of aryl methyl sites for hydroxylation is 1. The summed E-state index contributed by atoms with van der Waals surface area (Å²) in [5.41, 5.74) is 2.04. The van der Waals surface area contributed by atoms with Crippen molar-refractivity contribution in [3.63, 3.8) is 0 Å². The monoisotopic (exact) mass is 243 g/mol. The predicted molar refractivity (Wildman–Crippen MR) is 60.7 cm³/mol. The summed E-state index contributed by atoms with van der Waals surface area (Å²) in [4.78, 5) is 0. The topological polar surface area (TPSA) is 12.0 Å². The Bertz CT molecular complexity index is 386. The van der Waals surface area contributed by atoms with Crippen LogP contribution in [0.1, 0.15) is 30.0 Å². The highest BCUT2D eigenvalue weighted by atomic mass is 19.4. The Hall–Kier alpha value is -1.03. The highest BCUT2D eigenvalue weighted by molar-refractivity contribution is 5.29. The fourth-order valence-corrected chi connectivity index (χ4v) is 2.43. The van der Waals surface area contributed by atoms with Gasteiger partial charge in [0.2, 0.25) is 0 Å². The highest BCUT2D eigenvalue weighted by Gasteiger charge is 2.42. The van der Waals surface area contributed by atoms with Crippen molar-refractivity contribution in [2.45, 2.75) is 32.0 Å². The molecule has 0 radical (unpaired) electrons. The van der Waals surface area contributed by atoms with Gasteiger partial charge in [0.1, 0.15) is 0 Å². The van der Waals surface area contributed by atoms with Gasteiger partial charge in [-0.3, -0.25) is 0 Å². The molecule has 1 nitrogen and oxygen atoms in total. The lowest BCUT2D eigenvalue weighted by molar-refractivity contribution is -0.183. The Kier molecular flexibility index (Phi) is 3.43. The summed E-state index contributed by atoms with van der Waals surface area (Å²) < 4.78 is 38.1. The van der Waals surface area contributed by atoms with Crippen LogP contribution in [0, 0.1) is 12.8 Å². The number of hydrogen-bond acceptors (Lipinski definition) is 1. The normalized spacial score (nSPS) is 25.9. The summed E-state index contributed by atoms with van der Waals surface area (Å²) in [5.74, 6) is -1.17. The molecule has 1 saturated heterocycles. The van der Waals surface area contributed by atoms with Crippen LogP contribution in [0.4, 0.5) is 13.2 Å². The van der Waals surface area contributed by atoms with Crippen LogP contribution < -0.4 is 5.32 Å². The van der Waals surface area contributed by atoms with Gasteiger partial charge in [-0.2, -0.15) is 13.2 Å². The quantitative estimate of drug-likeness (QED) is 0.794. The minimum absolute atomic E-state index is 0.147. The van der Waals surface area contributed by atoms with E-state index in [9.17, 15) is 13.2 Å². The number of hydrogen-bond donors (Lipinski definition) is 1. The molecule has 1 aromatic rings. The van der Waals surface area contributed by atoms with Crippen LogP contribution in [0.3, 0.4) is 0 Å². The van der Waals surface area contributed by atoms with Gasteiger partial charge in [0.05, 0.1) is 5.92 Å². The SMILES string of the molecule is Cc1ccccc1C1CC(C(F)(F)F)CCN1. The average Bonchev–Trinajstić information content (AvgIpc) is 2.29. The van der Waals surface area contributed by atoms with E-state index in [1.165, 1.54) is 0 Å². The lowest BCUT2D eigenvalue weighted by Gasteiger charge is -2.32. The Balaban J connectivity index is 2.15. The molecule has 0 bridgehead atoms. The lowest BCUT2D eigenvalue weighted by Crippen LogP contribution is -2.38. The third-order valence-electron chi connectivity index (χ3n) is 3.43. The molecule has 17 heavy (non-hydrogen) atoms. The average molecular weight is 243 g/mol. The molecule has 0 aliphatic carbocycles. The summed E-state index contributed by atoms with van der Waals surface area (Å²) in [6.07, 6.45) is -3.73. The van der Waals surface area contributed by atoms with E-state index in [0.717, 1.165) is 11.1 Å². The van der Waals surface area contributed by atoms with E-state index >= 15 is 0 Å². The largest absolute Gasteiger partial charge is 0.391 e. The Morgan fingerprint density at radius 3 is 2.59 bits per heavy atom. The van der Waals surface area contributed by atoms with Gasteiger partial charge < -0.3 is 5.32 Å². The molecule has 1 N–H and O–H groups in total. The maximum atomic E-state index is 12.7. The maximum absolute atomic E-state index is 12.7. The van der Waals surface area contributed by atoms with Crippen molar-refractivity contribution in [1.29, 1.82) is 0 Å². The fraction of sp³-hybridized carbons (Fsp3) is 0.538. The van der Waals surface area contributed by atoms with Crippen LogP contribution >= 0.6 is 0 Å². The zero-order chi connectivity index (χ0) is 12.5. The Labute approximate surface area is 99.0 Å². The molecule has 1 aromatic carbocycles. The van der Waals surface area contributed by atoms with Gasteiger partial charge in [-0.15, -0.1) is 0 Å². The van der Waals surface area contributed by atoms with Gasteiger partial charge in [-0.25, -0.2) is 0 Å². The smallest absolute Gasteiger partial charge is 0.310 e. The van der Waals surface area contributed by atoms with E-state index in [1.807, 2.05) is 31.2 Å². The number of nitrogens with one attached hydrogen (secondary N) is 1. The molecular weight excluding hydrogens is 227 g/mol. The summed E-state index contributed by atoms with van der Waals surface area (Å²) in [7, 11) is 0. The van der Waals surface area contributed by atoms with Gasteiger partial charge in [0.15, 0.2) is 0 Å². The Morgan fingerprint density at radius 2 is 1.94 bits per heavy atom. The van der Waals surface area contributed by atoms with Crippen molar-refractivity contribution >= 4 is 0 Å². The molecule has 1 aliphatic heterocycles. The van der Waals surface area contributed by atoms with E-state index in [-0.39, 0.29) is 18.9 Å². The first kappa shape index (κ1) is 12.4. The first-order chi connectivity index (χ1) is 7.98. The van der Waals surface area contributed by atoms with E-state index in [0.29, 0.717) is 6.54 Å². The van der Waals surface area contributed by atoms with Crippen LogP contribution in [0.25, 0.3) is 0 Å². The Morgan fingerprint density at radius 1 is 1.24 bits per heavy atom. The molecule has 94 valence electrons. The number of piperidine rings is 1. The van der Waals surface area contributed by atoms with Crippen molar-refractivity contribution in [2.75, 3.05) is 6.54 Å². The van der Waals surface area contributed by atoms with Crippen molar-refractivity contribution in [3.05, 3.63) is 35.4 Å². The predicted octanol–water partition coefficient (Wildman–Crippen LogP) is 3.60. The van der Waals surface area contributed by atoms with E-state index < -0.39 is 12.1 Å². The van der Waals surface area contributed by atoms with Gasteiger partial charge in [-0.05, 0) is 37.4 Å². The molecule has 2 atom stereocenters. The summed E-state index contributed by atoms with van der Waals surface area (Å²) in [5, 5.41) is 3.18. The second kappa shape index (κ2) is 4.69. The summed E-state index contributed by atoms with van der Waals surface area (Å²) >= 11 is 0. The fourth-order valence-electron chi connectivity index (χ4n) is 2.43. The minimum Gasteiger partial charge on any atom is -0.310 e.